The van der Waals surface area contributed by atoms with Crippen molar-refractivity contribution in [2.75, 3.05) is 20.7 Å². The molecule has 2 atom stereocenters. The summed E-state index contributed by atoms with van der Waals surface area (Å²) in [6.07, 6.45) is 4.64. The van der Waals surface area contributed by atoms with Gasteiger partial charge in [-0.05, 0) is 39.8 Å². The van der Waals surface area contributed by atoms with E-state index in [-0.39, 0.29) is 12.1 Å². The standard InChI is InChI=1S/C12H26N2O/c1-10(2)13-12(9-15)7-5-6-11(8-12)14(3)4/h10-11,13,15H,5-9H2,1-4H3. The van der Waals surface area contributed by atoms with Gasteiger partial charge in [0, 0.05) is 17.6 Å². The SMILES string of the molecule is CC(C)NC1(CO)CCCC(N(C)C)C1. The summed E-state index contributed by atoms with van der Waals surface area (Å²) in [6.45, 7) is 4.56. The Morgan fingerprint density at radius 2 is 2.13 bits per heavy atom. The number of hydrogen-bond acceptors (Lipinski definition) is 3. The highest BCUT2D eigenvalue weighted by Crippen LogP contribution is 2.30. The van der Waals surface area contributed by atoms with Crippen LogP contribution in [0, 0.1) is 0 Å². The molecule has 90 valence electrons. The van der Waals surface area contributed by atoms with E-state index in [0.717, 1.165) is 12.8 Å². The van der Waals surface area contributed by atoms with Crippen LogP contribution in [-0.4, -0.2) is 48.3 Å². The van der Waals surface area contributed by atoms with Crippen molar-refractivity contribution >= 4 is 0 Å². The van der Waals surface area contributed by atoms with Crippen LogP contribution in [0.15, 0.2) is 0 Å². The number of nitrogens with one attached hydrogen (secondary N) is 1. The number of aliphatic hydroxyl groups is 1. The zero-order valence-electron chi connectivity index (χ0n) is 10.6. The Labute approximate surface area is 93.9 Å². The van der Waals surface area contributed by atoms with E-state index in [1.54, 1.807) is 0 Å². The second-order valence-corrected chi connectivity index (χ2v) is 5.45. The molecule has 1 rings (SSSR count). The summed E-state index contributed by atoms with van der Waals surface area (Å²) in [6, 6.07) is 1.05. The van der Waals surface area contributed by atoms with Gasteiger partial charge in [-0.25, -0.2) is 0 Å². The van der Waals surface area contributed by atoms with Gasteiger partial charge in [0.05, 0.1) is 6.61 Å². The second-order valence-electron chi connectivity index (χ2n) is 5.45. The minimum absolute atomic E-state index is 0.0403. The van der Waals surface area contributed by atoms with E-state index in [4.69, 9.17) is 0 Å². The molecule has 1 aliphatic rings. The molecule has 0 aromatic carbocycles. The molecule has 1 fully saturated rings. The van der Waals surface area contributed by atoms with Gasteiger partial charge in [0.25, 0.3) is 0 Å². The molecule has 0 amide bonds. The Kier molecular flexibility index (Phi) is 4.56. The minimum atomic E-state index is -0.0403. The number of hydrogen-bond donors (Lipinski definition) is 2. The van der Waals surface area contributed by atoms with Crippen LogP contribution in [0.2, 0.25) is 0 Å². The molecule has 0 aromatic heterocycles. The fourth-order valence-electron chi connectivity index (χ4n) is 2.70. The van der Waals surface area contributed by atoms with Crippen LogP contribution in [0.5, 0.6) is 0 Å². The molecule has 0 spiro atoms. The first kappa shape index (κ1) is 12.9. The van der Waals surface area contributed by atoms with Crippen LogP contribution >= 0.6 is 0 Å². The second kappa shape index (κ2) is 5.28. The molecule has 0 radical (unpaired) electrons. The lowest BCUT2D eigenvalue weighted by molar-refractivity contribution is 0.0719. The summed E-state index contributed by atoms with van der Waals surface area (Å²) in [5.41, 5.74) is -0.0403. The van der Waals surface area contributed by atoms with Crippen LogP contribution in [-0.2, 0) is 0 Å². The molecule has 1 aliphatic carbocycles. The van der Waals surface area contributed by atoms with Gasteiger partial charge in [-0.15, -0.1) is 0 Å². The molecular weight excluding hydrogens is 188 g/mol. The maximum absolute atomic E-state index is 9.61. The third kappa shape index (κ3) is 3.44. The van der Waals surface area contributed by atoms with E-state index >= 15 is 0 Å². The molecule has 1 saturated carbocycles. The summed E-state index contributed by atoms with van der Waals surface area (Å²) in [5, 5.41) is 13.2. The van der Waals surface area contributed by atoms with Gasteiger partial charge in [-0.1, -0.05) is 13.8 Å². The van der Waals surface area contributed by atoms with Crippen molar-refractivity contribution in [2.24, 2.45) is 0 Å². The summed E-state index contributed by atoms with van der Waals surface area (Å²) in [5.74, 6) is 0. The predicted octanol–water partition coefficient (Wildman–Crippen LogP) is 1.22. The van der Waals surface area contributed by atoms with Gasteiger partial charge >= 0.3 is 0 Å². The largest absolute Gasteiger partial charge is 0.394 e. The van der Waals surface area contributed by atoms with Gasteiger partial charge in [0.2, 0.25) is 0 Å². The summed E-state index contributed by atoms with van der Waals surface area (Å²) >= 11 is 0. The van der Waals surface area contributed by atoms with Crippen molar-refractivity contribution < 1.29 is 5.11 Å². The molecule has 2 N–H and O–H groups in total. The van der Waals surface area contributed by atoms with Crippen LogP contribution < -0.4 is 5.32 Å². The van der Waals surface area contributed by atoms with Gasteiger partial charge in [-0.2, -0.15) is 0 Å². The van der Waals surface area contributed by atoms with Gasteiger partial charge in [0.1, 0.15) is 0 Å². The number of nitrogens with zero attached hydrogens (tertiary/aromatic N) is 1. The van der Waals surface area contributed by atoms with E-state index < -0.39 is 0 Å². The highest BCUT2D eigenvalue weighted by atomic mass is 16.3. The highest BCUT2D eigenvalue weighted by Gasteiger charge is 2.36. The van der Waals surface area contributed by atoms with Crippen LogP contribution in [0.4, 0.5) is 0 Å². The molecule has 3 heteroatoms. The van der Waals surface area contributed by atoms with E-state index in [1.807, 2.05) is 0 Å². The minimum Gasteiger partial charge on any atom is -0.394 e. The Bertz CT molecular complexity index is 194. The monoisotopic (exact) mass is 214 g/mol. The highest BCUT2D eigenvalue weighted by molar-refractivity contribution is 4.96. The van der Waals surface area contributed by atoms with E-state index in [2.05, 4.69) is 38.2 Å². The lowest BCUT2D eigenvalue weighted by Gasteiger charge is -2.43. The van der Waals surface area contributed by atoms with E-state index in [0.29, 0.717) is 12.1 Å². The number of aliphatic hydroxyl groups excluding tert-OH is 1. The van der Waals surface area contributed by atoms with Crippen LogP contribution in [0.3, 0.4) is 0 Å². The molecule has 0 aromatic rings. The average Bonchev–Trinajstić information content (AvgIpc) is 2.17. The molecule has 0 aliphatic heterocycles. The Balaban J connectivity index is 2.63. The van der Waals surface area contributed by atoms with Crippen molar-refractivity contribution in [1.82, 2.24) is 10.2 Å². The third-order valence-electron chi connectivity index (χ3n) is 3.45. The van der Waals surface area contributed by atoms with E-state index in [1.165, 1.54) is 12.8 Å². The molecule has 0 heterocycles. The Hall–Kier alpha value is -0.120. The van der Waals surface area contributed by atoms with Gasteiger partial charge in [0.15, 0.2) is 0 Å². The molecule has 15 heavy (non-hydrogen) atoms. The van der Waals surface area contributed by atoms with Gasteiger partial charge in [-0.3, -0.25) is 0 Å². The zero-order chi connectivity index (χ0) is 11.5. The smallest absolute Gasteiger partial charge is 0.0613 e. The predicted molar refractivity (Wildman–Crippen MR) is 64.0 cm³/mol. The van der Waals surface area contributed by atoms with Gasteiger partial charge < -0.3 is 15.3 Å². The zero-order valence-corrected chi connectivity index (χ0v) is 10.6. The Morgan fingerprint density at radius 1 is 1.47 bits per heavy atom. The van der Waals surface area contributed by atoms with Crippen molar-refractivity contribution in [2.45, 2.75) is 57.2 Å². The summed E-state index contributed by atoms with van der Waals surface area (Å²) in [4.78, 5) is 2.28. The summed E-state index contributed by atoms with van der Waals surface area (Å²) in [7, 11) is 4.26. The Morgan fingerprint density at radius 3 is 2.60 bits per heavy atom. The fraction of sp³-hybridized carbons (Fsp3) is 1.00. The summed E-state index contributed by atoms with van der Waals surface area (Å²) < 4.78 is 0. The van der Waals surface area contributed by atoms with Crippen molar-refractivity contribution in [3.05, 3.63) is 0 Å². The maximum atomic E-state index is 9.61. The van der Waals surface area contributed by atoms with Crippen LogP contribution in [0.25, 0.3) is 0 Å². The molecule has 2 unspecified atom stereocenters. The molecule has 0 bridgehead atoms. The van der Waals surface area contributed by atoms with E-state index in [9.17, 15) is 5.11 Å². The number of rotatable bonds is 4. The average molecular weight is 214 g/mol. The quantitative estimate of drug-likeness (QED) is 0.738. The molecule has 0 saturated heterocycles. The van der Waals surface area contributed by atoms with Crippen molar-refractivity contribution in [3.8, 4) is 0 Å². The molecular formula is C12H26N2O. The third-order valence-corrected chi connectivity index (χ3v) is 3.45. The lowest BCUT2D eigenvalue weighted by Crippen LogP contribution is -2.56. The van der Waals surface area contributed by atoms with Crippen molar-refractivity contribution in [3.63, 3.8) is 0 Å². The molecule has 3 nitrogen and oxygen atoms in total. The first-order valence-electron chi connectivity index (χ1n) is 6.04. The first-order chi connectivity index (χ1) is 6.99. The maximum Gasteiger partial charge on any atom is 0.0613 e. The topological polar surface area (TPSA) is 35.5 Å². The van der Waals surface area contributed by atoms with Crippen molar-refractivity contribution in [1.29, 1.82) is 0 Å². The first-order valence-corrected chi connectivity index (χ1v) is 6.04. The lowest BCUT2D eigenvalue weighted by atomic mass is 9.78. The normalized spacial score (nSPS) is 32.6. The fourth-order valence-corrected chi connectivity index (χ4v) is 2.70. The van der Waals surface area contributed by atoms with Crippen LogP contribution in [0.1, 0.15) is 39.5 Å².